The summed E-state index contributed by atoms with van der Waals surface area (Å²) in [7, 11) is 1.50. The van der Waals surface area contributed by atoms with E-state index in [1.807, 2.05) is 31.2 Å². The predicted octanol–water partition coefficient (Wildman–Crippen LogP) is 6.73. The van der Waals surface area contributed by atoms with Crippen LogP contribution in [-0.2, 0) is 9.59 Å². The van der Waals surface area contributed by atoms with E-state index in [2.05, 4.69) is 5.32 Å². The number of nitrogens with one attached hydrogen (secondary N) is 1. The number of ether oxygens (including phenoxy) is 2. The van der Waals surface area contributed by atoms with Crippen LogP contribution < -0.4 is 19.7 Å². The molecule has 0 spiro atoms. The van der Waals surface area contributed by atoms with Crippen molar-refractivity contribution in [2.75, 3.05) is 23.9 Å². The molecule has 3 aromatic rings. The number of halogens is 2. The molecule has 1 saturated heterocycles. The molecule has 0 saturated carbocycles. The van der Waals surface area contributed by atoms with Gasteiger partial charge in [0, 0.05) is 15.7 Å². The summed E-state index contributed by atoms with van der Waals surface area (Å²) < 4.78 is 11.6. The number of benzene rings is 3. The Hall–Kier alpha value is -3.04. The summed E-state index contributed by atoms with van der Waals surface area (Å²) in [5.41, 5.74) is 2.96. The number of thioether (sulfide) groups is 1. The van der Waals surface area contributed by atoms with Gasteiger partial charge >= 0.3 is 0 Å². The highest BCUT2D eigenvalue weighted by Gasteiger charge is 2.33. The first-order chi connectivity index (χ1) is 17.2. The lowest BCUT2D eigenvalue weighted by Crippen LogP contribution is -2.27. The van der Waals surface area contributed by atoms with E-state index >= 15 is 0 Å². The van der Waals surface area contributed by atoms with E-state index in [-0.39, 0.29) is 18.4 Å². The number of methoxy groups -OCH3 is 1. The van der Waals surface area contributed by atoms with E-state index in [0.29, 0.717) is 36.5 Å². The summed E-state index contributed by atoms with van der Waals surface area (Å²) in [4.78, 5) is 27.4. The van der Waals surface area contributed by atoms with Crippen molar-refractivity contribution in [1.82, 2.24) is 0 Å². The van der Waals surface area contributed by atoms with Gasteiger partial charge in [0.2, 0.25) is 0 Å². The van der Waals surface area contributed by atoms with Crippen LogP contribution in [-0.4, -0.2) is 29.9 Å². The SMILES string of the molecule is COc1cc(/C=C2\SC(=S)N(c3cccc(C)c3)C2=O)ccc1OCC(=O)Nc1cc(Cl)cc(Cl)c1. The molecular formula is C26H20Cl2N2O4S2. The van der Waals surface area contributed by atoms with Crippen molar-refractivity contribution in [2.24, 2.45) is 0 Å². The summed E-state index contributed by atoms with van der Waals surface area (Å²) in [5, 5.41) is 3.50. The zero-order valence-electron chi connectivity index (χ0n) is 19.2. The van der Waals surface area contributed by atoms with Crippen LogP contribution >= 0.6 is 47.2 Å². The fourth-order valence-corrected chi connectivity index (χ4v) is 5.29. The monoisotopic (exact) mass is 558 g/mol. The van der Waals surface area contributed by atoms with Gasteiger partial charge < -0.3 is 14.8 Å². The van der Waals surface area contributed by atoms with Crippen LogP contribution in [0.1, 0.15) is 11.1 Å². The maximum atomic E-state index is 13.1. The maximum Gasteiger partial charge on any atom is 0.270 e. The largest absolute Gasteiger partial charge is 0.493 e. The van der Waals surface area contributed by atoms with Crippen LogP contribution in [0.2, 0.25) is 10.0 Å². The Morgan fingerprint density at radius 1 is 1.08 bits per heavy atom. The van der Waals surface area contributed by atoms with Crippen molar-refractivity contribution in [2.45, 2.75) is 6.92 Å². The number of carbonyl (C=O) groups excluding carboxylic acids is 2. The summed E-state index contributed by atoms with van der Waals surface area (Å²) >= 11 is 18.6. The van der Waals surface area contributed by atoms with E-state index in [4.69, 9.17) is 44.9 Å². The molecule has 36 heavy (non-hydrogen) atoms. The summed E-state index contributed by atoms with van der Waals surface area (Å²) in [6.07, 6.45) is 1.75. The van der Waals surface area contributed by atoms with Gasteiger partial charge in [-0.2, -0.15) is 0 Å². The predicted molar refractivity (Wildman–Crippen MR) is 150 cm³/mol. The molecule has 184 valence electrons. The Morgan fingerprint density at radius 2 is 1.83 bits per heavy atom. The molecule has 0 aromatic heterocycles. The average molecular weight is 559 g/mol. The molecule has 1 N–H and O–H groups in total. The summed E-state index contributed by atoms with van der Waals surface area (Å²) in [6.45, 7) is 1.71. The van der Waals surface area contributed by atoms with Gasteiger partial charge in [-0.05, 0) is 66.6 Å². The number of thiocarbonyl (C=S) groups is 1. The van der Waals surface area contributed by atoms with Crippen LogP contribution in [0.3, 0.4) is 0 Å². The third kappa shape index (κ3) is 6.20. The van der Waals surface area contributed by atoms with E-state index in [1.54, 1.807) is 42.5 Å². The molecule has 0 unspecified atom stereocenters. The van der Waals surface area contributed by atoms with Crippen LogP contribution in [0.4, 0.5) is 11.4 Å². The Bertz CT molecular complexity index is 1370. The lowest BCUT2D eigenvalue weighted by atomic mass is 10.1. The topological polar surface area (TPSA) is 67.9 Å². The van der Waals surface area contributed by atoms with Crippen LogP contribution in [0.25, 0.3) is 6.08 Å². The maximum absolute atomic E-state index is 13.1. The molecule has 3 aromatic carbocycles. The molecule has 0 bridgehead atoms. The number of rotatable bonds is 7. The van der Waals surface area contributed by atoms with Gasteiger partial charge in [0.05, 0.1) is 17.7 Å². The van der Waals surface area contributed by atoms with Crippen molar-refractivity contribution >= 4 is 80.8 Å². The van der Waals surface area contributed by atoms with Gasteiger partial charge in [-0.25, -0.2) is 0 Å². The van der Waals surface area contributed by atoms with Gasteiger partial charge in [0.1, 0.15) is 0 Å². The fourth-order valence-electron chi connectivity index (χ4n) is 3.47. The van der Waals surface area contributed by atoms with Crippen LogP contribution in [0, 0.1) is 6.92 Å². The van der Waals surface area contributed by atoms with Gasteiger partial charge in [-0.3, -0.25) is 14.5 Å². The molecule has 0 aliphatic carbocycles. The normalized spacial score (nSPS) is 14.3. The van der Waals surface area contributed by atoms with Gasteiger partial charge in [-0.15, -0.1) is 0 Å². The highest BCUT2D eigenvalue weighted by atomic mass is 35.5. The number of carbonyl (C=O) groups is 2. The summed E-state index contributed by atoms with van der Waals surface area (Å²) in [6, 6.07) is 17.5. The minimum absolute atomic E-state index is 0.187. The molecule has 0 radical (unpaired) electrons. The minimum atomic E-state index is -0.390. The Kier molecular flexibility index (Phi) is 8.21. The molecule has 1 aliphatic rings. The third-order valence-electron chi connectivity index (χ3n) is 5.04. The molecule has 0 atom stereocenters. The van der Waals surface area contributed by atoms with Gasteiger partial charge in [0.25, 0.3) is 11.8 Å². The molecule has 2 amide bonds. The number of aryl methyl sites for hydroxylation is 1. The Morgan fingerprint density at radius 3 is 2.53 bits per heavy atom. The number of hydrogen-bond acceptors (Lipinski definition) is 6. The molecule has 6 nitrogen and oxygen atoms in total. The number of nitrogens with zero attached hydrogens (tertiary/aromatic N) is 1. The molecule has 1 fully saturated rings. The Labute approximate surface area is 228 Å². The molecule has 1 heterocycles. The van der Waals surface area contributed by atoms with Crippen LogP contribution in [0.5, 0.6) is 11.5 Å². The van der Waals surface area contributed by atoms with Gasteiger partial charge in [-0.1, -0.05) is 65.4 Å². The second-order valence-electron chi connectivity index (χ2n) is 7.76. The van der Waals surface area contributed by atoms with Crippen molar-refractivity contribution in [1.29, 1.82) is 0 Å². The van der Waals surface area contributed by atoms with Crippen LogP contribution in [0.15, 0.2) is 65.6 Å². The minimum Gasteiger partial charge on any atom is -0.493 e. The lowest BCUT2D eigenvalue weighted by Gasteiger charge is -2.14. The first-order valence-corrected chi connectivity index (χ1v) is 12.6. The van der Waals surface area contributed by atoms with Crippen molar-refractivity contribution in [3.05, 3.63) is 86.7 Å². The van der Waals surface area contributed by atoms with Crippen molar-refractivity contribution < 1.29 is 19.1 Å². The molecule has 1 aliphatic heterocycles. The zero-order valence-corrected chi connectivity index (χ0v) is 22.4. The highest BCUT2D eigenvalue weighted by Crippen LogP contribution is 2.37. The Balaban J connectivity index is 1.45. The van der Waals surface area contributed by atoms with Gasteiger partial charge in [0.15, 0.2) is 22.4 Å². The number of amides is 2. The number of anilines is 2. The zero-order chi connectivity index (χ0) is 25.8. The fraction of sp³-hybridized carbons (Fsp3) is 0.115. The second-order valence-corrected chi connectivity index (χ2v) is 10.3. The standard InChI is InChI=1S/C26H20Cl2N2O4S2/c1-15-4-3-5-20(8-15)30-25(32)23(36-26(30)35)10-16-6-7-21(22(9-16)33-2)34-14-24(31)29-19-12-17(27)11-18(28)13-19/h3-13H,14H2,1-2H3,(H,29,31)/b23-10-. The highest BCUT2D eigenvalue weighted by molar-refractivity contribution is 8.27. The molecule has 10 heteroatoms. The first-order valence-electron chi connectivity index (χ1n) is 10.6. The average Bonchev–Trinajstić information content (AvgIpc) is 3.09. The third-order valence-corrected chi connectivity index (χ3v) is 6.78. The lowest BCUT2D eigenvalue weighted by molar-refractivity contribution is -0.118. The molecular weight excluding hydrogens is 539 g/mol. The van der Waals surface area contributed by atoms with E-state index < -0.39 is 0 Å². The van der Waals surface area contributed by atoms with E-state index in [9.17, 15) is 9.59 Å². The number of hydrogen-bond donors (Lipinski definition) is 1. The van der Waals surface area contributed by atoms with E-state index in [1.165, 1.54) is 23.8 Å². The van der Waals surface area contributed by atoms with Crippen molar-refractivity contribution in [3.8, 4) is 11.5 Å². The smallest absolute Gasteiger partial charge is 0.270 e. The summed E-state index contributed by atoms with van der Waals surface area (Å²) in [5.74, 6) is 0.213. The second kappa shape index (κ2) is 11.3. The first kappa shape index (κ1) is 26.0. The van der Waals surface area contributed by atoms with E-state index in [0.717, 1.165) is 16.8 Å². The molecule has 4 rings (SSSR count). The van der Waals surface area contributed by atoms with Crippen molar-refractivity contribution in [3.63, 3.8) is 0 Å². The quantitative estimate of drug-likeness (QED) is 0.256.